The molecule has 2 N–H and O–H groups in total. The lowest BCUT2D eigenvalue weighted by molar-refractivity contribution is -0.116. The second kappa shape index (κ2) is 10.6. The van der Waals surface area contributed by atoms with E-state index < -0.39 is 0 Å². The van der Waals surface area contributed by atoms with Crippen LogP contribution in [0.4, 0.5) is 5.69 Å². The highest BCUT2D eigenvalue weighted by Crippen LogP contribution is 2.40. The topological polar surface area (TPSA) is 79.6 Å². The van der Waals surface area contributed by atoms with Crippen molar-refractivity contribution in [2.75, 3.05) is 19.0 Å². The quantitative estimate of drug-likeness (QED) is 0.317. The van der Waals surface area contributed by atoms with Gasteiger partial charge in [-0.05, 0) is 48.6 Å². The van der Waals surface area contributed by atoms with Crippen molar-refractivity contribution in [2.45, 2.75) is 18.5 Å². The number of nitrogens with one attached hydrogen (secondary N) is 2. The van der Waals surface area contributed by atoms with E-state index in [1.807, 2.05) is 89.8 Å². The van der Waals surface area contributed by atoms with Crippen LogP contribution in [0.15, 0.2) is 95.5 Å². The van der Waals surface area contributed by atoms with Gasteiger partial charge in [0.15, 0.2) is 5.11 Å². The molecule has 5 rings (SSSR count). The van der Waals surface area contributed by atoms with E-state index in [4.69, 9.17) is 21.4 Å². The third-order valence-corrected chi connectivity index (χ3v) is 6.49. The molecule has 2 aromatic heterocycles. The standard InChI is InChI=1S/C28H26N4O3S/c1-34-23-13-6-5-11-20(23)30-25(33)16-18-32-27(26(31-28(32)36)21-12-7-8-17-29-21)24-15-14-22(35-24)19-9-3-2-4-10-19/h2-15,17,26-27H,16,18H2,1H3,(H,30,33)(H,31,36)/t26-,27-/m1/s1. The summed E-state index contributed by atoms with van der Waals surface area (Å²) in [6, 6.07) is 26.5. The van der Waals surface area contributed by atoms with Crippen LogP contribution in [-0.2, 0) is 4.79 Å². The highest BCUT2D eigenvalue weighted by molar-refractivity contribution is 7.80. The first kappa shape index (κ1) is 23.6. The van der Waals surface area contributed by atoms with Crippen LogP contribution in [0.25, 0.3) is 11.3 Å². The molecule has 0 saturated carbocycles. The molecular weight excluding hydrogens is 472 g/mol. The van der Waals surface area contributed by atoms with Gasteiger partial charge in [-0.25, -0.2) is 0 Å². The van der Waals surface area contributed by atoms with Crippen molar-refractivity contribution >= 4 is 28.9 Å². The average molecular weight is 499 g/mol. The zero-order valence-corrected chi connectivity index (χ0v) is 20.6. The van der Waals surface area contributed by atoms with Gasteiger partial charge in [0.1, 0.15) is 23.3 Å². The zero-order valence-electron chi connectivity index (χ0n) is 19.8. The molecule has 0 unspecified atom stereocenters. The van der Waals surface area contributed by atoms with Crippen LogP contribution >= 0.6 is 12.2 Å². The first-order chi connectivity index (χ1) is 17.6. The Bertz CT molecular complexity index is 1340. The highest BCUT2D eigenvalue weighted by atomic mass is 32.1. The molecule has 0 spiro atoms. The number of thiocarbonyl (C=S) groups is 1. The molecule has 2 aromatic carbocycles. The molecule has 182 valence electrons. The number of hydrogen-bond donors (Lipinski definition) is 2. The van der Waals surface area contributed by atoms with Gasteiger partial charge in [-0.3, -0.25) is 9.78 Å². The van der Waals surface area contributed by atoms with Crippen LogP contribution in [0.2, 0.25) is 0 Å². The van der Waals surface area contributed by atoms with E-state index in [1.165, 1.54) is 0 Å². The molecule has 8 heteroatoms. The minimum absolute atomic E-state index is 0.133. The fourth-order valence-corrected chi connectivity index (χ4v) is 4.74. The Balaban J connectivity index is 1.39. The van der Waals surface area contributed by atoms with Crippen LogP contribution in [0.3, 0.4) is 0 Å². The van der Waals surface area contributed by atoms with Crippen LogP contribution in [0.5, 0.6) is 5.75 Å². The maximum Gasteiger partial charge on any atom is 0.226 e. The van der Waals surface area contributed by atoms with Gasteiger partial charge in [-0.15, -0.1) is 0 Å². The number of carbonyl (C=O) groups excluding carboxylic acids is 1. The number of pyridine rings is 1. The first-order valence-corrected chi connectivity index (χ1v) is 12.1. The SMILES string of the molecule is COc1ccccc1NC(=O)CCN1C(=S)N[C@H](c2ccccn2)[C@H]1c1ccc(-c2ccccc2)o1. The van der Waals surface area contributed by atoms with Crippen molar-refractivity contribution in [3.8, 4) is 17.1 Å². The van der Waals surface area contributed by atoms with Gasteiger partial charge in [-0.1, -0.05) is 48.5 Å². The van der Waals surface area contributed by atoms with Crippen molar-refractivity contribution in [1.29, 1.82) is 0 Å². The number of amides is 1. The average Bonchev–Trinajstić information content (AvgIpc) is 3.53. The summed E-state index contributed by atoms with van der Waals surface area (Å²) in [4.78, 5) is 19.4. The van der Waals surface area contributed by atoms with Crippen LogP contribution < -0.4 is 15.4 Å². The maximum atomic E-state index is 12.8. The number of para-hydroxylation sites is 2. The van der Waals surface area contributed by atoms with Gasteiger partial charge in [0.05, 0.1) is 24.5 Å². The minimum atomic E-state index is -0.260. The number of benzene rings is 2. The number of aromatic nitrogens is 1. The van der Waals surface area contributed by atoms with Crippen molar-refractivity contribution < 1.29 is 13.9 Å². The van der Waals surface area contributed by atoms with E-state index in [2.05, 4.69) is 15.6 Å². The molecule has 1 fully saturated rings. The summed E-state index contributed by atoms with van der Waals surface area (Å²) in [5.41, 5.74) is 2.48. The predicted octanol–water partition coefficient (Wildman–Crippen LogP) is 5.35. The summed E-state index contributed by atoms with van der Waals surface area (Å²) in [5.74, 6) is 2.01. The van der Waals surface area contributed by atoms with E-state index in [9.17, 15) is 4.79 Å². The van der Waals surface area contributed by atoms with Crippen LogP contribution in [0.1, 0.15) is 30.0 Å². The van der Waals surface area contributed by atoms with Gasteiger partial charge in [0.25, 0.3) is 0 Å². The third-order valence-electron chi connectivity index (χ3n) is 6.14. The lowest BCUT2D eigenvalue weighted by Gasteiger charge is -2.26. The largest absolute Gasteiger partial charge is 0.495 e. The normalized spacial score (nSPS) is 17.0. The fraction of sp³-hybridized carbons (Fsp3) is 0.179. The summed E-state index contributed by atoms with van der Waals surface area (Å²) in [7, 11) is 1.58. The monoisotopic (exact) mass is 498 g/mol. The zero-order chi connectivity index (χ0) is 24.9. The Hall–Kier alpha value is -4.17. The van der Waals surface area contributed by atoms with Gasteiger partial charge in [0.2, 0.25) is 5.91 Å². The third kappa shape index (κ3) is 4.94. The molecule has 0 bridgehead atoms. The number of carbonyl (C=O) groups is 1. The van der Waals surface area contributed by atoms with Gasteiger partial charge < -0.3 is 24.7 Å². The molecule has 3 heterocycles. The molecule has 36 heavy (non-hydrogen) atoms. The maximum absolute atomic E-state index is 12.8. The summed E-state index contributed by atoms with van der Waals surface area (Å²) < 4.78 is 11.7. The minimum Gasteiger partial charge on any atom is -0.495 e. The number of furan rings is 1. The van der Waals surface area contributed by atoms with E-state index in [-0.39, 0.29) is 24.4 Å². The van der Waals surface area contributed by atoms with E-state index in [1.54, 1.807) is 13.3 Å². The van der Waals surface area contributed by atoms with E-state index in [0.29, 0.717) is 23.1 Å². The first-order valence-electron chi connectivity index (χ1n) is 11.7. The van der Waals surface area contributed by atoms with Crippen molar-refractivity contribution in [2.24, 2.45) is 0 Å². The molecule has 1 amide bonds. The molecule has 4 aromatic rings. The Morgan fingerprint density at radius 2 is 1.83 bits per heavy atom. The lowest BCUT2D eigenvalue weighted by atomic mass is 10.0. The molecule has 1 saturated heterocycles. The molecule has 1 aliphatic rings. The van der Waals surface area contributed by atoms with E-state index in [0.717, 1.165) is 22.8 Å². The van der Waals surface area contributed by atoms with Crippen molar-refractivity contribution in [3.05, 3.63) is 103 Å². The fourth-order valence-electron chi connectivity index (χ4n) is 4.41. The van der Waals surface area contributed by atoms with Crippen LogP contribution in [-0.4, -0.2) is 34.6 Å². The molecular formula is C28H26N4O3S. The number of anilines is 1. The summed E-state index contributed by atoms with van der Waals surface area (Å²) in [6.07, 6.45) is 2.00. The van der Waals surface area contributed by atoms with Gasteiger partial charge in [-0.2, -0.15) is 0 Å². The Kier molecular flexibility index (Phi) is 6.95. The Morgan fingerprint density at radius 3 is 2.61 bits per heavy atom. The molecule has 0 radical (unpaired) electrons. The molecule has 7 nitrogen and oxygen atoms in total. The summed E-state index contributed by atoms with van der Waals surface area (Å²) in [6.45, 7) is 0.405. The summed E-state index contributed by atoms with van der Waals surface area (Å²) in [5, 5.41) is 6.88. The van der Waals surface area contributed by atoms with E-state index >= 15 is 0 Å². The molecule has 1 aliphatic heterocycles. The number of rotatable bonds is 8. The molecule has 2 atom stereocenters. The number of hydrogen-bond acceptors (Lipinski definition) is 5. The Morgan fingerprint density at radius 1 is 1.06 bits per heavy atom. The number of ether oxygens (including phenoxy) is 1. The lowest BCUT2D eigenvalue weighted by Crippen LogP contribution is -2.32. The highest BCUT2D eigenvalue weighted by Gasteiger charge is 2.41. The van der Waals surface area contributed by atoms with Gasteiger partial charge >= 0.3 is 0 Å². The number of nitrogens with zero attached hydrogens (tertiary/aromatic N) is 2. The Labute approximate surface area is 215 Å². The second-order valence-corrected chi connectivity index (χ2v) is 8.77. The van der Waals surface area contributed by atoms with Crippen LogP contribution in [0, 0.1) is 0 Å². The number of methoxy groups -OCH3 is 1. The van der Waals surface area contributed by atoms with Crippen molar-refractivity contribution in [3.63, 3.8) is 0 Å². The summed E-state index contributed by atoms with van der Waals surface area (Å²) >= 11 is 5.71. The molecule has 0 aliphatic carbocycles. The second-order valence-electron chi connectivity index (χ2n) is 8.39. The predicted molar refractivity (Wildman–Crippen MR) is 143 cm³/mol. The smallest absolute Gasteiger partial charge is 0.226 e. The van der Waals surface area contributed by atoms with Gasteiger partial charge in [0, 0.05) is 24.7 Å². The van der Waals surface area contributed by atoms with Crippen molar-refractivity contribution in [1.82, 2.24) is 15.2 Å².